The second-order valence-corrected chi connectivity index (χ2v) is 7.71. The molecule has 0 N–H and O–H groups in total. The lowest BCUT2D eigenvalue weighted by molar-refractivity contribution is 0.0526. The van der Waals surface area contributed by atoms with Gasteiger partial charge in [-0.2, -0.15) is 0 Å². The zero-order valence-electron chi connectivity index (χ0n) is 16.3. The van der Waals surface area contributed by atoms with Crippen molar-refractivity contribution in [1.29, 1.82) is 0 Å². The maximum atomic E-state index is 12.6. The fraction of sp³-hybridized carbons (Fsp3) is 0.400. The number of rotatable bonds is 4. The third-order valence-corrected chi connectivity index (χ3v) is 4.16. The molecule has 0 unspecified atom stereocenters. The molecule has 0 saturated carbocycles. The first-order valence-electron chi connectivity index (χ1n) is 8.90. The van der Waals surface area contributed by atoms with Crippen LogP contribution in [0.5, 0.6) is 0 Å². The summed E-state index contributed by atoms with van der Waals surface area (Å²) in [6.07, 6.45) is 3.11. The smallest absolute Gasteiger partial charge is 0.339 e. The van der Waals surface area contributed by atoms with E-state index >= 15 is 0 Å². The molecule has 3 aromatic heterocycles. The van der Waals surface area contributed by atoms with Crippen molar-refractivity contribution in [2.75, 3.05) is 6.61 Å². The van der Waals surface area contributed by atoms with Crippen LogP contribution in [0.1, 0.15) is 38.1 Å². The Hall–Kier alpha value is -2.96. The molecule has 7 nitrogen and oxygen atoms in total. The van der Waals surface area contributed by atoms with E-state index in [1.165, 1.54) is 6.20 Å². The molecule has 0 aromatic carbocycles. The molecule has 3 heterocycles. The summed E-state index contributed by atoms with van der Waals surface area (Å²) in [5, 5.41) is 0. The van der Waals surface area contributed by atoms with Gasteiger partial charge in [0.05, 0.1) is 23.4 Å². The van der Waals surface area contributed by atoms with Gasteiger partial charge in [-0.25, -0.2) is 14.6 Å². The first-order chi connectivity index (χ1) is 12.7. The van der Waals surface area contributed by atoms with Gasteiger partial charge in [0.1, 0.15) is 0 Å². The summed E-state index contributed by atoms with van der Waals surface area (Å²) in [6.45, 7) is 8.93. The Morgan fingerprint density at radius 3 is 2.63 bits per heavy atom. The third-order valence-electron chi connectivity index (χ3n) is 4.16. The van der Waals surface area contributed by atoms with Gasteiger partial charge in [-0.15, -0.1) is 0 Å². The van der Waals surface area contributed by atoms with Crippen LogP contribution >= 0.6 is 0 Å². The van der Waals surface area contributed by atoms with E-state index in [1.54, 1.807) is 35.4 Å². The Morgan fingerprint density at radius 1 is 1.22 bits per heavy atom. The van der Waals surface area contributed by atoms with Crippen molar-refractivity contribution in [3.8, 4) is 11.3 Å². The van der Waals surface area contributed by atoms with E-state index in [4.69, 9.17) is 4.74 Å². The number of carbonyl (C=O) groups is 1. The molecule has 0 atom stereocenters. The SMILES string of the molecule is CCOC(=O)c1cncc(-c2ccc3c(n2)n(C)c(=O)n3CC(C)(C)C)c1. The number of ether oxygens (including phenoxy) is 1. The van der Waals surface area contributed by atoms with E-state index in [-0.39, 0.29) is 11.1 Å². The van der Waals surface area contributed by atoms with E-state index < -0.39 is 5.97 Å². The molecule has 0 aliphatic heterocycles. The van der Waals surface area contributed by atoms with Crippen LogP contribution in [0.2, 0.25) is 0 Å². The quantitative estimate of drug-likeness (QED) is 0.662. The van der Waals surface area contributed by atoms with Gasteiger partial charge in [-0.05, 0) is 30.5 Å². The number of hydrogen-bond donors (Lipinski definition) is 0. The molecule has 0 fully saturated rings. The van der Waals surface area contributed by atoms with Gasteiger partial charge < -0.3 is 4.74 Å². The zero-order valence-corrected chi connectivity index (χ0v) is 16.3. The molecule has 7 heteroatoms. The highest BCUT2D eigenvalue weighted by atomic mass is 16.5. The number of aryl methyl sites for hydroxylation is 1. The average Bonchev–Trinajstić information content (AvgIpc) is 2.85. The zero-order chi connectivity index (χ0) is 19.8. The molecule has 0 spiro atoms. The Bertz CT molecular complexity index is 1060. The number of hydrogen-bond acceptors (Lipinski definition) is 5. The lowest BCUT2D eigenvalue weighted by atomic mass is 9.97. The number of aromatic nitrogens is 4. The lowest BCUT2D eigenvalue weighted by Crippen LogP contribution is -2.27. The first kappa shape index (κ1) is 18.8. The summed E-state index contributed by atoms with van der Waals surface area (Å²) in [6, 6.07) is 5.43. The maximum Gasteiger partial charge on any atom is 0.339 e. The number of fused-ring (bicyclic) bond motifs is 1. The van der Waals surface area contributed by atoms with Crippen LogP contribution in [0.15, 0.2) is 35.4 Å². The largest absolute Gasteiger partial charge is 0.462 e. The predicted octanol–water partition coefficient (Wildman–Crippen LogP) is 3.02. The van der Waals surface area contributed by atoms with Crippen LogP contribution in [-0.2, 0) is 18.3 Å². The van der Waals surface area contributed by atoms with E-state index in [0.29, 0.717) is 35.6 Å². The molecule has 0 aliphatic rings. The van der Waals surface area contributed by atoms with Gasteiger partial charge >= 0.3 is 11.7 Å². The molecule has 0 radical (unpaired) electrons. The van der Waals surface area contributed by atoms with Crippen molar-refractivity contribution in [3.05, 3.63) is 46.6 Å². The van der Waals surface area contributed by atoms with Gasteiger partial charge in [0.25, 0.3) is 0 Å². The highest BCUT2D eigenvalue weighted by molar-refractivity contribution is 5.90. The van der Waals surface area contributed by atoms with E-state index in [2.05, 4.69) is 30.7 Å². The molecule has 3 aromatic rings. The topological polar surface area (TPSA) is 79.0 Å². The van der Waals surface area contributed by atoms with Gasteiger partial charge in [-0.1, -0.05) is 20.8 Å². The van der Waals surface area contributed by atoms with Gasteiger partial charge in [0.15, 0.2) is 5.65 Å². The van der Waals surface area contributed by atoms with Crippen LogP contribution in [0, 0.1) is 5.41 Å². The Morgan fingerprint density at radius 2 is 1.96 bits per heavy atom. The lowest BCUT2D eigenvalue weighted by Gasteiger charge is -2.18. The molecule has 0 amide bonds. The van der Waals surface area contributed by atoms with Crippen molar-refractivity contribution in [2.45, 2.75) is 34.2 Å². The van der Waals surface area contributed by atoms with E-state index in [1.807, 2.05) is 12.1 Å². The monoisotopic (exact) mass is 368 g/mol. The third kappa shape index (κ3) is 3.77. The Balaban J connectivity index is 2.08. The number of imidazole rings is 1. The van der Waals surface area contributed by atoms with Crippen molar-refractivity contribution in [2.24, 2.45) is 12.5 Å². The highest BCUT2D eigenvalue weighted by Gasteiger charge is 2.19. The number of nitrogens with zero attached hydrogens (tertiary/aromatic N) is 4. The molecule has 0 bridgehead atoms. The fourth-order valence-electron chi connectivity index (χ4n) is 2.97. The van der Waals surface area contributed by atoms with Crippen LogP contribution in [-0.4, -0.2) is 31.7 Å². The molecule has 0 aliphatic carbocycles. The second kappa shape index (κ2) is 6.98. The minimum Gasteiger partial charge on any atom is -0.462 e. The van der Waals surface area contributed by atoms with Crippen molar-refractivity contribution in [3.63, 3.8) is 0 Å². The summed E-state index contributed by atoms with van der Waals surface area (Å²) < 4.78 is 8.32. The minimum absolute atomic E-state index is 0.0331. The summed E-state index contributed by atoms with van der Waals surface area (Å²) in [4.78, 5) is 33.4. The Labute approximate surface area is 157 Å². The van der Waals surface area contributed by atoms with Gasteiger partial charge in [-0.3, -0.25) is 14.1 Å². The number of carbonyl (C=O) groups excluding carboxylic acids is 1. The molecular formula is C20H24N4O3. The van der Waals surface area contributed by atoms with Crippen LogP contribution in [0.25, 0.3) is 22.4 Å². The van der Waals surface area contributed by atoms with Crippen LogP contribution < -0.4 is 5.69 Å². The van der Waals surface area contributed by atoms with E-state index in [9.17, 15) is 9.59 Å². The summed E-state index contributed by atoms with van der Waals surface area (Å²) >= 11 is 0. The fourth-order valence-corrected chi connectivity index (χ4v) is 2.97. The average molecular weight is 368 g/mol. The number of pyridine rings is 2. The molecule has 0 saturated heterocycles. The second-order valence-electron chi connectivity index (χ2n) is 7.71. The summed E-state index contributed by atoms with van der Waals surface area (Å²) in [5.74, 6) is -0.420. The van der Waals surface area contributed by atoms with Crippen LogP contribution in [0.4, 0.5) is 0 Å². The minimum atomic E-state index is -0.420. The highest BCUT2D eigenvalue weighted by Crippen LogP contribution is 2.23. The number of esters is 1. The maximum absolute atomic E-state index is 12.6. The Kier molecular flexibility index (Phi) is 4.87. The van der Waals surface area contributed by atoms with Crippen molar-refractivity contribution in [1.82, 2.24) is 19.1 Å². The summed E-state index contributed by atoms with van der Waals surface area (Å²) in [7, 11) is 1.72. The molecule has 3 rings (SSSR count). The van der Waals surface area contributed by atoms with Gasteiger partial charge in [0.2, 0.25) is 0 Å². The van der Waals surface area contributed by atoms with Crippen molar-refractivity contribution < 1.29 is 9.53 Å². The predicted molar refractivity (Wildman–Crippen MR) is 104 cm³/mol. The molecule has 27 heavy (non-hydrogen) atoms. The normalized spacial score (nSPS) is 11.7. The van der Waals surface area contributed by atoms with Gasteiger partial charge in [0, 0.05) is 31.5 Å². The molecular weight excluding hydrogens is 344 g/mol. The van der Waals surface area contributed by atoms with Crippen molar-refractivity contribution >= 4 is 17.1 Å². The summed E-state index contributed by atoms with van der Waals surface area (Å²) in [5.41, 5.74) is 2.97. The molecule has 142 valence electrons. The first-order valence-corrected chi connectivity index (χ1v) is 8.90. The van der Waals surface area contributed by atoms with Crippen LogP contribution in [0.3, 0.4) is 0 Å². The van der Waals surface area contributed by atoms with E-state index in [0.717, 1.165) is 5.52 Å². The standard InChI is InChI=1S/C20H24N4O3/c1-6-27-18(25)14-9-13(10-21-11-14)15-7-8-16-17(22-15)23(5)19(26)24(16)12-20(2,3)4/h7-11H,6,12H2,1-5H3.